The number of hydrogen-bond acceptors (Lipinski definition) is 3. The molecule has 0 saturated carbocycles. The number of nitrogens with one attached hydrogen (secondary N) is 1. The Morgan fingerprint density at radius 2 is 1.89 bits per heavy atom. The van der Waals surface area contributed by atoms with E-state index in [1.54, 1.807) is 0 Å². The highest BCUT2D eigenvalue weighted by Gasteiger charge is 2.05. The first-order chi connectivity index (χ1) is 8.81. The molecule has 1 rings (SSSR count). The molecule has 98 valence electrons. The van der Waals surface area contributed by atoms with Crippen LogP contribution in [0.3, 0.4) is 0 Å². The molecule has 0 heterocycles. The van der Waals surface area contributed by atoms with Crippen molar-refractivity contribution in [2.45, 2.75) is 26.7 Å². The highest BCUT2D eigenvalue weighted by atomic mass is 16.5. The first-order valence-corrected chi connectivity index (χ1v) is 6.38. The summed E-state index contributed by atoms with van der Waals surface area (Å²) in [6, 6.07) is 5.88. The Balaban J connectivity index is 2.64. The van der Waals surface area contributed by atoms with Gasteiger partial charge in [0.2, 0.25) is 0 Å². The molecular formula is C15H21NO2. The molecule has 3 heteroatoms. The minimum Gasteiger partial charge on any atom is -0.490 e. The molecule has 18 heavy (non-hydrogen) atoms. The second-order valence-corrected chi connectivity index (χ2v) is 3.76. The van der Waals surface area contributed by atoms with Crippen molar-refractivity contribution >= 4 is 5.69 Å². The van der Waals surface area contributed by atoms with E-state index in [4.69, 9.17) is 15.9 Å². The molecule has 0 aliphatic rings. The normalized spacial score (nSPS) is 9.61. The molecule has 0 bridgehead atoms. The van der Waals surface area contributed by atoms with E-state index in [0.29, 0.717) is 13.2 Å². The van der Waals surface area contributed by atoms with Crippen LogP contribution in [0, 0.1) is 12.3 Å². The Bertz CT molecular complexity index is 396. The van der Waals surface area contributed by atoms with Gasteiger partial charge < -0.3 is 14.8 Å². The Kier molecular flexibility index (Phi) is 6.56. The molecule has 0 fully saturated rings. The highest BCUT2D eigenvalue weighted by molar-refractivity contribution is 5.54. The summed E-state index contributed by atoms with van der Waals surface area (Å²) in [5.41, 5.74) is 1.03. The third-order valence-electron chi connectivity index (χ3n) is 2.37. The number of ether oxygens (including phenoxy) is 2. The van der Waals surface area contributed by atoms with Gasteiger partial charge >= 0.3 is 0 Å². The number of unbranched alkanes of at least 4 members (excludes halogenated alkanes) is 1. The lowest BCUT2D eigenvalue weighted by Crippen LogP contribution is -2.03. The fraction of sp³-hybridized carbons (Fsp3) is 0.467. The molecule has 0 radical (unpaired) electrons. The summed E-state index contributed by atoms with van der Waals surface area (Å²) in [4.78, 5) is 0. The van der Waals surface area contributed by atoms with Crippen LogP contribution < -0.4 is 14.8 Å². The maximum absolute atomic E-state index is 5.56. The summed E-state index contributed by atoms with van der Waals surface area (Å²) in [6.07, 6.45) is 6.97. The Labute approximate surface area is 109 Å². The van der Waals surface area contributed by atoms with E-state index in [1.165, 1.54) is 0 Å². The summed E-state index contributed by atoms with van der Waals surface area (Å²) in [5.74, 6) is 4.19. The van der Waals surface area contributed by atoms with Gasteiger partial charge in [0.15, 0.2) is 11.5 Å². The van der Waals surface area contributed by atoms with Crippen molar-refractivity contribution in [1.29, 1.82) is 0 Å². The summed E-state index contributed by atoms with van der Waals surface area (Å²) >= 11 is 0. The van der Waals surface area contributed by atoms with Crippen molar-refractivity contribution in [1.82, 2.24) is 0 Å². The zero-order chi connectivity index (χ0) is 13.2. The molecular weight excluding hydrogens is 226 g/mol. The molecule has 0 aliphatic heterocycles. The fourth-order valence-electron chi connectivity index (χ4n) is 1.58. The molecule has 0 atom stereocenters. The van der Waals surface area contributed by atoms with Crippen LogP contribution in [0.5, 0.6) is 11.5 Å². The predicted molar refractivity (Wildman–Crippen MR) is 75.3 cm³/mol. The van der Waals surface area contributed by atoms with E-state index in [1.807, 2.05) is 32.0 Å². The average Bonchev–Trinajstić information content (AvgIpc) is 2.38. The Morgan fingerprint density at radius 1 is 1.17 bits per heavy atom. The molecule has 0 aliphatic carbocycles. The minimum absolute atomic E-state index is 0.626. The van der Waals surface area contributed by atoms with Gasteiger partial charge in [-0.15, -0.1) is 12.3 Å². The number of terminal acetylenes is 1. The van der Waals surface area contributed by atoms with Gasteiger partial charge in [-0.1, -0.05) is 0 Å². The summed E-state index contributed by atoms with van der Waals surface area (Å²) in [7, 11) is 0. The van der Waals surface area contributed by atoms with Crippen molar-refractivity contribution in [3.63, 3.8) is 0 Å². The standard InChI is InChI=1S/C15H21NO2/c1-4-7-8-11-16-13-9-10-14(17-5-2)15(12-13)18-6-3/h1,9-10,12,16H,5-8,11H2,2-3H3. The predicted octanol–water partition coefficient (Wildman–Crippen LogP) is 3.31. The number of hydrogen-bond donors (Lipinski definition) is 1. The van der Waals surface area contributed by atoms with Crippen molar-refractivity contribution in [3.05, 3.63) is 18.2 Å². The van der Waals surface area contributed by atoms with E-state index < -0.39 is 0 Å². The largest absolute Gasteiger partial charge is 0.490 e. The van der Waals surface area contributed by atoms with E-state index in [-0.39, 0.29) is 0 Å². The van der Waals surface area contributed by atoms with E-state index >= 15 is 0 Å². The highest BCUT2D eigenvalue weighted by Crippen LogP contribution is 2.30. The maximum atomic E-state index is 5.56. The second-order valence-electron chi connectivity index (χ2n) is 3.76. The first kappa shape index (κ1) is 14.2. The van der Waals surface area contributed by atoms with Gasteiger partial charge in [-0.05, 0) is 32.4 Å². The lowest BCUT2D eigenvalue weighted by molar-refractivity contribution is 0.288. The molecule has 1 aromatic rings. The average molecular weight is 247 g/mol. The second kappa shape index (κ2) is 8.30. The van der Waals surface area contributed by atoms with Crippen molar-refractivity contribution in [2.24, 2.45) is 0 Å². The zero-order valence-electron chi connectivity index (χ0n) is 11.2. The summed E-state index contributed by atoms with van der Waals surface area (Å²) < 4.78 is 11.1. The molecule has 3 nitrogen and oxygen atoms in total. The van der Waals surface area contributed by atoms with Crippen LogP contribution in [0.1, 0.15) is 26.7 Å². The third-order valence-corrected chi connectivity index (χ3v) is 2.37. The lowest BCUT2D eigenvalue weighted by Gasteiger charge is -2.13. The van der Waals surface area contributed by atoms with Gasteiger partial charge in [0.25, 0.3) is 0 Å². The van der Waals surface area contributed by atoms with Crippen molar-refractivity contribution < 1.29 is 9.47 Å². The van der Waals surface area contributed by atoms with Crippen LogP contribution in [0.2, 0.25) is 0 Å². The smallest absolute Gasteiger partial charge is 0.163 e. The van der Waals surface area contributed by atoms with Crippen molar-refractivity contribution in [3.8, 4) is 23.8 Å². The van der Waals surface area contributed by atoms with Crippen molar-refractivity contribution in [2.75, 3.05) is 25.1 Å². The zero-order valence-corrected chi connectivity index (χ0v) is 11.2. The molecule has 1 aromatic carbocycles. The van der Waals surface area contributed by atoms with Crippen LogP contribution in [0.15, 0.2) is 18.2 Å². The molecule has 1 N–H and O–H groups in total. The molecule has 0 amide bonds. The quantitative estimate of drug-likeness (QED) is 0.564. The van der Waals surface area contributed by atoms with Gasteiger partial charge in [-0.3, -0.25) is 0 Å². The monoisotopic (exact) mass is 247 g/mol. The van der Waals surface area contributed by atoms with Crippen LogP contribution in [0.4, 0.5) is 5.69 Å². The van der Waals surface area contributed by atoms with Gasteiger partial charge in [0, 0.05) is 24.7 Å². The van der Waals surface area contributed by atoms with E-state index in [0.717, 1.165) is 36.6 Å². The Morgan fingerprint density at radius 3 is 2.56 bits per heavy atom. The molecule has 0 unspecified atom stereocenters. The number of benzene rings is 1. The van der Waals surface area contributed by atoms with E-state index in [2.05, 4.69) is 11.2 Å². The maximum Gasteiger partial charge on any atom is 0.163 e. The van der Waals surface area contributed by atoms with E-state index in [9.17, 15) is 0 Å². The number of rotatable bonds is 8. The molecule has 0 spiro atoms. The SMILES string of the molecule is C#CCCCNc1ccc(OCC)c(OCC)c1. The van der Waals surface area contributed by atoms with Crippen LogP contribution >= 0.6 is 0 Å². The van der Waals surface area contributed by atoms with Crippen LogP contribution in [0.25, 0.3) is 0 Å². The van der Waals surface area contributed by atoms with Gasteiger partial charge in [-0.2, -0.15) is 0 Å². The van der Waals surface area contributed by atoms with Gasteiger partial charge in [0.05, 0.1) is 13.2 Å². The minimum atomic E-state index is 0.626. The van der Waals surface area contributed by atoms with Gasteiger partial charge in [0.1, 0.15) is 0 Å². The first-order valence-electron chi connectivity index (χ1n) is 6.38. The summed E-state index contributed by atoms with van der Waals surface area (Å²) in [5, 5.41) is 3.32. The third kappa shape index (κ3) is 4.58. The molecule has 0 saturated heterocycles. The molecule has 0 aromatic heterocycles. The van der Waals surface area contributed by atoms with Crippen LogP contribution in [-0.4, -0.2) is 19.8 Å². The van der Waals surface area contributed by atoms with Crippen LogP contribution in [-0.2, 0) is 0 Å². The van der Waals surface area contributed by atoms with Gasteiger partial charge in [-0.25, -0.2) is 0 Å². The summed E-state index contributed by atoms with van der Waals surface area (Å²) in [6.45, 7) is 6.05. The lowest BCUT2D eigenvalue weighted by atomic mass is 10.2. The fourth-order valence-corrected chi connectivity index (χ4v) is 1.58. The number of anilines is 1. The Hall–Kier alpha value is -1.82. The topological polar surface area (TPSA) is 30.5 Å².